The molecular weight excluding hydrogens is 235 g/mol. The van der Waals surface area contributed by atoms with Gasteiger partial charge in [0.15, 0.2) is 0 Å². The van der Waals surface area contributed by atoms with Gasteiger partial charge in [-0.15, -0.1) is 11.3 Å². The summed E-state index contributed by atoms with van der Waals surface area (Å²) in [5, 5.41) is 5.52. The molecule has 2 heteroatoms. The summed E-state index contributed by atoms with van der Waals surface area (Å²) in [5.41, 5.74) is 1.37. The van der Waals surface area contributed by atoms with Gasteiger partial charge in [-0.25, -0.2) is 0 Å². The van der Waals surface area contributed by atoms with Crippen molar-refractivity contribution >= 4 is 55.6 Å². The summed E-state index contributed by atoms with van der Waals surface area (Å²) in [7, 11) is 2.20. The van der Waals surface area contributed by atoms with Crippen LogP contribution in [0.15, 0.2) is 54.6 Å². The molecule has 0 saturated heterocycles. The number of hydrogen-bond acceptors (Lipinski definition) is 1. The second-order valence-electron chi connectivity index (χ2n) is 4.71. The lowest BCUT2D eigenvalue weighted by molar-refractivity contribution is 1.85. The molecule has 0 aliphatic heterocycles. The predicted molar refractivity (Wildman–Crippen MR) is 85.0 cm³/mol. The van der Waals surface area contributed by atoms with E-state index in [1.165, 1.54) is 36.4 Å². The van der Waals surface area contributed by atoms with E-state index in [2.05, 4.69) is 62.4 Å². The third-order valence-electron chi connectivity index (χ3n) is 3.60. The molecule has 0 atom stereocenters. The van der Waals surface area contributed by atoms with E-state index >= 15 is 0 Å². The van der Waals surface area contributed by atoms with Crippen molar-refractivity contribution in [2.75, 3.05) is 0 Å². The molecule has 0 spiro atoms. The number of rotatable bonds is 0. The average molecular weight is 246 g/mol. The van der Waals surface area contributed by atoms with Crippen molar-refractivity contribution in [2.45, 2.75) is 0 Å². The number of thiophene rings is 1. The Morgan fingerprint density at radius 3 is 2.61 bits per heavy atom. The van der Waals surface area contributed by atoms with Gasteiger partial charge in [0.1, 0.15) is 7.85 Å². The van der Waals surface area contributed by atoms with Crippen LogP contribution in [-0.2, 0) is 0 Å². The predicted octanol–water partition coefficient (Wildman–Crippen LogP) is 3.47. The first-order valence-corrected chi connectivity index (χ1v) is 6.96. The molecule has 0 amide bonds. The number of hydrogen-bond donors (Lipinski definition) is 0. The second-order valence-corrected chi connectivity index (χ2v) is 5.77. The van der Waals surface area contributed by atoms with Gasteiger partial charge < -0.3 is 0 Å². The molecule has 0 nitrogen and oxygen atoms in total. The van der Waals surface area contributed by atoms with Gasteiger partial charge in [-0.3, -0.25) is 0 Å². The van der Waals surface area contributed by atoms with Crippen LogP contribution < -0.4 is 5.46 Å². The first kappa shape index (κ1) is 10.2. The van der Waals surface area contributed by atoms with Crippen molar-refractivity contribution in [1.82, 2.24) is 0 Å². The number of fused-ring (bicyclic) bond motifs is 5. The first-order chi connectivity index (χ1) is 8.84. The molecule has 0 unspecified atom stereocenters. The van der Waals surface area contributed by atoms with E-state index in [0.29, 0.717) is 0 Å². The molecule has 0 N–H and O–H groups in total. The van der Waals surface area contributed by atoms with Crippen molar-refractivity contribution in [3.63, 3.8) is 0 Å². The Kier molecular flexibility index (Phi) is 2.03. The highest BCUT2D eigenvalue weighted by molar-refractivity contribution is 7.26. The van der Waals surface area contributed by atoms with Gasteiger partial charge in [0.05, 0.1) is 0 Å². The van der Waals surface area contributed by atoms with Crippen LogP contribution in [0.4, 0.5) is 0 Å². The molecule has 1 heterocycles. The average Bonchev–Trinajstić information content (AvgIpc) is 2.77. The minimum Gasteiger partial charge on any atom is -0.135 e. The van der Waals surface area contributed by atoms with Crippen molar-refractivity contribution in [3.8, 4) is 0 Å². The van der Waals surface area contributed by atoms with Crippen molar-refractivity contribution < 1.29 is 0 Å². The number of benzene rings is 3. The minimum absolute atomic E-state index is 1.34. The van der Waals surface area contributed by atoms with E-state index < -0.39 is 0 Å². The van der Waals surface area contributed by atoms with Gasteiger partial charge >= 0.3 is 0 Å². The zero-order chi connectivity index (χ0) is 12.1. The monoisotopic (exact) mass is 246 g/mol. The maximum Gasteiger partial charge on any atom is 0.140 e. The summed E-state index contributed by atoms with van der Waals surface area (Å²) >= 11 is 1.91. The lowest BCUT2D eigenvalue weighted by Gasteiger charge is -2.03. The zero-order valence-corrected chi connectivity index (χ0v) is 10.9. The molecule has 3 aromatic carbocycles. The van der Waals surface area contributed by atoms with E-state index in [-0.39, 0.29) is 0 Å². The van der Waals surface area contributed by atoms with Gasteiger partial charge in [0.2, 0.25) is 0 Å². The molecule has 0 fully saturated rings. The summed E-state index contributed by atoms with van der Waals surface area (Å²) in [6.07, 6.45) is 0. The van der Waals surface area contributed by atoms with Crippen LogP contribution in [0.3, 0.4) is 0 Å². The highest BCUT2D eigenvalue weighted by Crippen LogP contribution is 2.37. The van der Waals surface area contributed by atoms with Gasteiger partial charge in [0.25, 0.3) is 0 Å². The van der Waals surface area contributed by atoms with E-state index in [1.807, 2.05) is 11.3 Å². The Balaban J connectivity index is 2.35. The molecule has 0 radical (unpaired) electrons. The van der Waals surface area contributed by atoms with Crippen molar-refractivity contribution in [2.24, 2.45) is 0 Å². The van der Waals surface area contributed by atoms with Crippen molar-refractivity contribution in [1.29, 1.82) is 0 Å². The molecule has 18 heavy (non-hydrogen) atoms. The summed E-state index contributed by atoms with van der Waals surface area (Å²) in [6.45, 7) is 0. The SMILES string of the molecule is Bc1cccc2ccc3c4ccccc4sc3c12. The molecule has 4 aromatic rings. The molecule has 0 saturated carbocycles. The summed E-state index contributed by atoms with van der Waals surface area (Å²) < 4.78 is 2.80. The molecular formula is C16H11BS. The van der Waals surface area contributed by atoms with Crippen LogP contribution in [-0.4, -0.2) is 7.85 Å². The first-order valence-electron chi connectivity index (χ1n) is 6.14. The maximum absolute atomic E-state index is 2.26. The topological polar surface area (TPSA) is 0 Å². The Morgan fingerprint density at radius 2 is 1.67 bits per heavy atom. The quantitative estimate of drug-likeness (QED) is 0.417. The second kappa shape index (κ2) is 3.60. The Labute approximate surface area is 110 Å². The van der Waals surface area contributed by atoms with E-state index in [0.717, 1.165) is 0 Å². The van der Waals surface area contributed by atoms with E-state index in [1.54, 1.807) is 0 Å². The van der Waals surface area contributed by atoms with Gasteiger partial charge in [0, 0.05) is 20.2 Å². The summed E-state index contributed by atoms with van der Waals surface area (Å²) in [6, 6.07) is 19.7. The Morgan fingerprint density at radius 1 is 0.778 bits per heavy atom. The lowest BCUT2D eigenvalue weighted by Crippen LogP contribution is -2.02. The van der Waals surface area contributed by atoms with Crippen LogP contribution in [0.25, 0.3) is 30.9 Å². The van der Waals surface area contributed by atoms with Gasteiger partial charge in [-0.1, -0.05) is 54.0 Å². The zero-order valence-electron chi connectivity index (χ0n) is 10.1. The summed E-state index contributed by atoms with van der Waals surface area (Å²) in [5.74, 6) is 0. The molecule has 0 bridgehead atoms. The Bertz CT molecular complexity index is 889. The van der Waals surface area contributed by atoms with Crippen LogP contribution in [0, 0.1) is 0 Å². The highest BCUT2D eigenvalue weighted by Gasteiger charge is 2.08. The largest absolute Gasteiger partial charge is 0.140 e. The molecule has 0 aliphatic carbocycles. The molecule has 84 valence electrons. The van der Waals surface area contributed by atoms with Crippen LogP contribution in [0.1, 0.15) is 0 Å². The highest BCUT2D eigenvalue weighted by atomic mass is 32.1. The third kappa shape index (κ3) is 1.27. The van der Waals surface area contributed by atoms with E-state index in [9.17, 15) is 0 Å². The third-order valence-corrected chi connectivity index (χ3v) is 4.80. The fourth-order valence-corrected chi connectivity index (χ4v) is 4.05. The fraction of sp³-hybridized carbons (Fsp3) is 0. The molecule has 0 aliphatic rings. The standard InChI is InChI=1S/C16H11BS/c17-13-6-3-4-10-8-9-12-11-5-1-2-7-14(11)18-16(12)15(10)13/h1-9H,17H2. The van der Waals surface area contributed by atoms with Crippen LogP contribution in [0.2, 0.25) is 0 Å². The van der Waals surface area contributed by atoms with Gasteiger partial charge in [-0.2, -0.15) is 0 Å². The lowest BCUT2D eigenvalue weighted by atomic mass is 9.89. The van der Waals surface area contributed by atoms with Crippen LogP contribution >= 0.6 is 11.3 Å². The normalized spacial score (nSPS) is 11.6. The maximum atomic E-state index is 2.26. The van der Waals surface area contributed by atoms with Gasteiger partial charge in [-0.05, 0) is 16.8 Å². The molecule has 1 aromatic heterocycles. The van der Waals surface area contributed by atoms with Crippen molar-refractivity contribution in [3.05, 3.63) is 54.6 Å². The fourth-order valence-electron chi connectivity index (χ4n) is 2.73. The minimum atomic E-state index is 1.34. The Hall–Kier alpha value is -1.80. The smallest absolute Gasteiger partial charge is 0.135 e. The van der Waals surface area contributed by atoms with Crippen LogP contribution in [0.5, 0.6) is 0 Å². The summed E-state index contributed by atoms with van der Waals surface area (Å²) in [4.78, 5) is 0. The molecule has 4 rings (SSSR count). The van der Waals surface area contributed by atoms with E-state index in [4.69, 9.17) is 0 Å².